The zero-order chi connectivity index (χ0) is 13.9. The molecule has 0 spiro atoms. The second kappa shape index (κ2) is 5.51. The SMILES string of the molecule is C=C(NC(=O)C1CCC(F)(F)CC1)c1ccccc1. The van der Waals surface area contributed by atoms with Crippen molar-refractivity contribution >= 4 is 11.6 Å². The van der Waals surface area contributed by atoms with Gasteiger partial charge in [0.2, 0.25) is 11.8 Å². The monoisotopic (exact) mass is 265 g/mol. The minimum absolute atomic E-state index is 0.204. The molecule has 1 aromatic carbocycles. The van der Waals surface area contributed by atoms with E-state index in [9.17, 15) is 13.6 Å². The van der Waals surface area contributed by atoms with Gasteiger partial charge in [-0.15, -0.1) is 0 Å². The van der Waals surface area contributed by atoms with Crippen molar-refractivity contribution in [3.8, 4) is 0 Å². The van der Waals surface area contributed by atoms with Crippen LogP contribution in [0.5, 0.6) is 0 Å². The van der Waals surface area contributed by atoms with Crippen molar-refractivity contribution in [2.24, 2.45) is 5.92 Å². The highest BCUT2D eigenvalue weighted by Gasteiger charge is 2.37. The van der Waals surface area contributed by atoms with Gasteiger partial charge in [-0.25, -0.2) is 8.78 Å². The Kier molecular flexibility index (Phi) is 3.98. The van der Waals surface area contributed by atoms with E-state index in [2.05, 4.69) is 11.9 Å². The number of alkyl halides is 2. The summed E-state index contributed by atoms with van der Waals surface area (Å²) in [5.41, 5.74) is 1.35. The topological polar surface area (TPSA) is 29.1 Å². The first kappa shape index (κ1) is 13.7. The summed E-state index contributed by atoms with van der Waals surface area (Å²) < 4.78 is 26.0. The average molecular weight is 265 g/mol. The van der Waals surface area contributed by atoms with Crippen LogP contribution in [0.15, 0.2) is 36.9 Å². The lowest BCUT2D eigenvalue weighted by Crippen LogP contribution is -2.35. The lowest BCUT2D eigenvalue weighted by molar-refractivity contribution is -0.127. The fourth-order valence-electron chi connectivity index (χ4n) is 2.26. The summed E-state index contributed by atoms with van der Waals surface area (Å²) in [5.74, 6) is -3.14. The van der Waals surface area contributed by atoms with Gasteiger partial charge in [-0.05, 0) is 18.4 Å². The van der Waals surface area contributed by atoms with Crippen molar-refractivity contribution in [3.63, 3.8) is 0 Å². The molecule has 0 heterocycles. The van der Waals surface area contributed by atoms with Crippen LogP contribution in [0, 0.1) is 5.92 Å². The van der Waals surface area contributed by atoms with E-state index in [0.29, 0.717) is 5.70 Å². The first-order valence-electron chi connectivity index (χ1n) is 6.41. The molecular formula is C15H17F2NO. The third kappa shape index (κ3) is 3.63. The first-order chi connectivity index (χ1) is 8.98. The van der Waals surface area contributed by atoms with Gasteiger partial charge in [-0.1, -0.05) is 36.9 Å². The van der Waals surface area contributed by atoms with Crippen LogP contribution < -0.4 is 5.32 Å². The third-order valence-corrected chi connectivity index (χ3v) is 3.48. The Morgan fingerprint density at radius 1 is 1.21 bits per heavy atom. The maximum absolute atomic E-state index is 13.0. The van der Waals surface area contributed by atoms with Crippen LogP contribution in [0.2, 0.25) is 0 Å². The summed E-state index contributed by atoms with van der Waals surface area (Å²) in [6.07, 6.45) is 0.0631. The molecule has 19 heavy (non-hydrogen) atoms. The van der Waals surface area contributed by atoms with E-state index in [0.717, 1.165) is 5.56 Å². The van der Waals surface area contributed by atoms with Gasteiger partial charge in [0.05, 0.1) is 0 Å². The van der Waals surface area contributed by atoms with E-state index in [1.165, 1.54) is 0 Å². The minimum Gasteiger partial charge on any atom is -0.326 e. The largest absolute Gasteiger partial charge is 0.326 e. The lowest BCUT2D eigenvalue weighted by atomic mass is 9.86. The van der Waals surface area contributed by atoms with E-state index >= 15 is 0 Å². The van der Waals surface area contributed by atoms with Gasteiger partial charge in [0, 0.05) is 24.5 Å². The Labute approximate surface area is 111 Å². The maximum atomic E-state index is 13.0. The molecule has 1 saturated carbocycles. The Morgan fingerprint density at radius 3 is 2.37 bits per heavy atom. The first-order valence-corrected chi connectivity index (χ1v) is 6.41. The predicted octanol–water partition coefficient (Wildman–Crippen LogP) is 3.60. The van der Waals surface area contributed by atoms with Crippen LogP contribution >= 0.6 is 0 Å². The van der Waals surface area contributed by atoms with Crippen LogP contribution in [0.4, 0.5) is 8.78 Å². The normalized spacial score (nSPS) is 18.8. The van der Waals surface area contributed by atoms with E-state index in [1.807, 2.05) is 30.3 Å². The summed E-state index contributed by atoms with van der Waals surface area (Å²) in [6.45, 7) is 3.81. The molecule has 0 bridgehead atoms. The number of carbonyl (C=O) groups excluding carboxylic acids is 1. The quantitative estimate of drug-likeness (QED) is 0.889. The molecule has 1 amide bonds. The molecule has 0 aliphatic heterocycles. The number of amides is 1. The number of halogens is 2. The van der Waals surface area contributed by atoms with Gasteiger partial charge in [0.1, 0.15) is 0 Å². The summed E-state index contributed by atoms with van der Waals surface area (Å²) in [4.78, 5) is 12.0. The van der Waals surface area contributed by atoms with Crippen molar-refractivity contribution in [2.75, 3.05) is 0 Å². The number of nitrogens with one attached hydrogen (secondary N) is 1. The van der Waals surface area contributed by atoms with E-state index < -0.39 is 5.92 Å². The van der Waals surface area contributed by atoms with Crippen molar-refractivity contribution in [3.05, 3.63) is 42.5 Å². The van der Waals surface area contributed by atoms with Gasteiger partial charge in [-0.3, -0.25) is 4.79 Å². The number of carbonyl (C=O) groups is 1. The molecule has 1 aromatic rings. The highest BCUT2D eigenvalue weighted by atomic mass is 19.3. The standard InChI is InChI=1S/C15H17F2NO/c1-11(12-5-3-2-4-6-12)18-14(19)13-7-9-15(16,17)10-8-13/h2-6,13H,1,7-10H2,(H,18,19). The predicted molar refractivity (Wildman–Crippen MR) is 70.5 cm³/mol. The summed E-state index contributed by atoms with van der Waals surface area (Å²) >= 11 is 0. The number of rotatable bonds is 3. The molecule has 1 N–H and O–H groups in total. The molecule has 1 aliphatic rings. The van der Waals surface area contributed by atoms with Crippen LogP contribution in [0.25, 0.3) is 5.70 Å². The second-order valence-corrected chi connectivity index (χ2v) is 4.96. The lowest BCUT2D eigenvalue weighted by Gasteiger charge is -2.27. The molecule has 1 aliphatic carbocycles. The number of hydrogen-bond acceptors (Lipinski definition) is 1. The van der Waals surface area contributed by atoms with Gasteiger partial charge >= 0.3 is 0 Å². The number of hydrogen-bond donors (Lipinski definition) is 1. The van der Waals surface area contributed by atoms with E-state index in [1.54, 1.807) is 0 Å². The fraction of sp³-hybridized carbons (Fsp3) is 0.400. The summed E-state index contributed by atoms with van der Waals surface area (Å²) in [6, 6.07) is 9.28. The molecule has 0 atom stereocenters. The molecular weight excluding hydrogens is 248 g/mol. The summed E-state index contributed by atoms with van der Waals surface area (Å²) in [5, 5.41) is 2.71. The second-order valence-electron chi connectivity index (χ2n) is 4.96. The Morgan fingerprint density at radius 2 is 1.79 bits per heavy atom. The van der Waals surface area contributed by atoms with Crippen LogP contribution in [0.1, 0.15) is 31.2 Å². The van der Waals surface area contributed by atoms with Crippen LogP contribution in [0.3, 0.4) is 0 Å². The van der Waals surface area contributed by atoms with Gasteiger partial charge in [-0.2, -0.15) is 0 Å². The molecule has 2 nitrogen and oxygen atoms in total. The third-order valence-electron chi connectivity index (χ3n) is 3.48. The fourth-order valence-corrected chi connectivity index (χ4v) is 2.26. The molecule has 0 radical (unpaired) electrons. The Bertz CT molecular complexity index is 460. The molecule has 102 valence electrons. The zero-order valence-corrected chi connectivity index (χ0v) is 10.7. The smallest absolute Gasteiger partial charge is 0.248 e. The van der Waals surface area contributed by atoms with Crippen molar-refractivity contribution in [1.29, 1.82) is 0 Å². The van der Waals surface area contributed by atoms with E-state index in [4.69, 9.17) is 0 Å². The minimum atomic E-state index is -2.60. The number of benzene rings is 1. The maximum Gasteiger partial charge on any atom is 0.248 e. The Balaban J connectivity index is 1.90. The van der Waals surface area contributed by atoms with Gasteiger partial charge < -0.3 is 5.32 Å². The Hall–Kier alpha value is -1.71. The molecule has 0 saturated heterocycles. The van der Waals surface area contributed by atoms with Crippen LogP contribution in [-0.2, 0) is 4.79 Å². The van der Waals surface area contributed by atoms with Crippen molar-refractivity contribution in [2.45, 2.75) is 31.6 Å². The van der Waals surface area contributed by atoms with E-state index in [-0.39, 0.29) is 37.5 Å². The van der Waals surface area contributed by atoms with Gasteiger partial charge in [0.25, 0.3) is 0 Å². The molecule has 2 rings (SSSR count). The molecule has 0 unspecified atom stereocenters. The molecule has 0 aromatic heterocycles. The summed E-state index contributed by atoms with van der Waals surface area (Å²) in [7, 11) is 0. The van der Waals surface area contributed by atoms with Crippen LogP contribution in [-0.4, -0.2) is 11.8 Å². The van der Waals surface area contributed by atoms with Crippen molar-refractivity contribution < 1.29 is 13.6 Å². The van der Waals surface area contributed by atoms with Gasteiger partial charge in [0.15, 0.2) is 0 Å². The zero-order valence-electron chi connectivity index (χ0n) is 10.7. The highest BCUT2D eigenvalue weighted by Crippen LogP contribution is 2.36. The van der Waals surface area contributed by atoms with Crippen molar-refractivity contribution in [1.82, 2.24) is 5.32 Å². The molecule has 4 heteroatoms. The average Bonchev–Trinajstić information content (AvgIpc) is 2.39. The molecule has 1 fully saturated rings. The highest BCUT2D eigenvalue weighted by molar-refractivity contribution is 5.87.